The summed E-state index contributed by atoms with van der Waals surface area (Å²) in [5.41, 5.74) is 9.06. The van der Waals surface area contributed by atoms with E-state index in [9.17, 15) is 4.39 Å². The first-order valence-electron chi connectivity index (χ1n) is 5.99. The van der Waals surface area contributed by atoms with Crippen molar-refractivity contribution >= 4 is 0 Å². The lowest BCUT2D eigenvalue weighted by Crippen LogP contribution is -2.07. The maximum atomic E-state index is 13.7. The van der Waals surface area contributed by atoms with E-state index in [-0.39, 0.29) is 18.2 Å². The molecule has 1 aromatic heterocycles. The molecular weight excluding hydrogens is 245 g/mol. The molecule has 0 fully saturated rings. The van der Waals surface area contributed by atoms with Crippen molar-refractivity contribution in [3.05, 3.63) is 46.4 Å². The Morgan fingerprint density at radius 1 is 1.21 bits per heavy atom. The number of aromatic nitrogens is 2. The molecule has 0 spiro atoms. The highest BCUT2D eigenvalue weighted by Crippen LogP contribution is 2.28. The predicted molar refractivity (Wildman–Crippen MR) is 70.6 cm³/mol. The zero-order chi connectivity index (χ0) is 14.0. The van der Waals surface area contributed by atoms with Crippen LogP contribution in [0.15, 0.2) is 18.2 Å². The third kappa shape index (κ3) is 2.71. The lowest BCUT2D eigenvalue weighted by atomic mass is 10.1. The van der Waals surface area contributed by atoms with Crippen LogP contribution in [0.3, 0.4) is 0 Å². The standard InChI is InChI=1S/C14H16FN3O/c1-8-4-5-12(15)13(6-8)19-14-11(7-16)9(2)10(3)17-18-14/h4-6H,7,16H2,1-3H3. The quantitative estimate of drug-likeness (QED) is 0.922. The first kappa shape index (κ1) is 13.4. The van der Waals surface area contributed by atoms with Crippen molar-refractivity contribution in [1.82, 2.24) is 10.2 Å². The van der Waals surface area contributed by atoms with Crippen molar-refractivity contribution < 1.29 is 9.13 Å². The third-order valence-corrected chi connectivity index (χ3v) is 3.04. The van der Waals surface area contributed by atoms with Crippen LogP contribution in [0.1, 0.15) is 22.4 Å². The Bertz CT molecular complexity index is 614. The molecule has 0 aliphatic heterocycles. The van der Waals surface area contributed by atoms with Crippen LogP contribution in [0.25, 0.3) is 0 Å². The Balaban J connectivity index is 2.43. The van der Waals surface area contributed by atoms with Crippen LogP contribution in [0.2, 0.25) is 0 Å². The molecule has 2 N–H and O–H groups in total. The fourth-order valence-corrected chi connectivity index (χ4v) is 1.75. The molecule has 0 radical (unpaired) electrons. The maximum absolute atomic E-state index is 13.7. The van der Waals surface area contributed by atoms with Gasteiger partial charge in [0.05, 0.1) is 5.69 Å². The molecule has 2 rings (SSSR count). The van der Waals surface area contributed by atoms with E-state index in [1.807, 2.05) is 20.8 Å². The second-order valence-corrected chi connectivity index (χ2v) is 4.43. The summed E-state index contributed by atoms with van der Waals surface area (Å²) >= 11 is 0. The lowest BCUT2D eigenvalue weighted by Gasteiger charge is -2.12. The fourth-order valence-electron chi connectivity index (χ4n) is 1.75. The Hall–Kier alpha value is -2.01. The Morgan fingerprint density at radius 2 is 1.95 bits per heavy atom. The van der Waals surface area contributed by atoms with E-state index >= 15 is 0 Å². The van der Waals surface area contributed by atoms with E-state index < -0.39 is 5.82 Å². The van der Waals surface area contributed by atoms with Gasteiger partial charge in [-0.3, -0.25) is 0 Å². The molecule has 1 heterocycles. The van der Waals surface area contributed by atoms with E-state index in [2.05, 4.69) is 10.2 Å². The minimum absolute atomic E-state index is 0.132. The molecule has 0 aliphatic rings. The Labute approximate surface area is 111 Å². The zero-order valence-corrected chi connectivity index (χ0v) is 11.2. The monoisotopic (exact) mass is 261 g/mol. The highest BCUT2D eigenvalue weighted by atomic mass is 19.1. The van der Waals surface area contributed by atoms with Crippen LogP contribution >= 0.6 is 0 Å². The molecule has 0 saturated heterocycles. The van der Waals surface area contributed by atoms with Gasteiger partial charge in [0.15, 0.2) is 11.6 Å². The summed E-state index contributed by atoms with van der Waals surface area (Å²) in [5.74, 6) is -0.0454. The number of nitrogens with zero attached hydrogens (tertiary/aromatic N) is 2. The topological polar surface area (TPSA) is 61.0 Å². The largest absolute Gasteiger partial charge is 0.434 e. The first-order valence-corrected chi connectivity index (χ1v) is 5.99. The predicted octanol–water partition coefficient (Wildman–Crippen LogP) is 2.79. The normalized spacial score (nSPS) is 10.6. The number of hydrogen-bond acceptors (Lipinski definition) is 4. The first-order chi connectivity index (χ1) is 9.02. The third-order valence-electron chi connectivity index (χ3n) is 3.04. The van der Waals surface area contributed by atoms with Crippen molar-refractivity contribution in [3.8, 4) is 11.6 Å². The molecule has 19 heavy (non-hydrogen) atoms. The summed E-state index contributed by atoms with van der Waals surface area (Å²) in [6.45, 7) is 5.87. The maximum Gasteiger partial charge on any atom is 0.243 e. The van der Waals surface area contributed by atoms with Gasteiger partial charge in [-0.15, -0.1) is 5.10 Å². The van der Waals surface area contributed by atoms with Gasteiger partial charge in [-0.05, 0) is 44.0 Å². The van der Waals surface area contributed by atoms with Gasteiger partial charge >= 0.3 is 0 Å². The molecular formula is C14H16FN3O. The number of rotatable bonds is 3. The lowest BCUT2D eigenvalue weighted by molar-refractivity contribution is 0.415. The van der Waals surface area contributed by atoms with Gasteiger partial charge in [-0.2, -0.15) is 5.10 Å². The van der Waals surface area contributed by atoms with Crippen molar-refractivity contribution in [3.63, 3.8) is 0 Å². The van der Waals surface area contributed by atoms with Crippen LogP contribution in [0.4, 0.5) is 4.39 Å². The smallest absolute Gasteiger partial charge is 0.243 e. The molecule has 2 aromatic rings. The minimum atomic E-state index is -0.436. The number of benzene rings is 1. The van der Waals surface area contributed by atoms with E-state index in [1.165, 1.54) is 6.07 Å². The second kappa shape index (κ2) is 5.32. The fraction of sp³-hybridized carbons (Fsp3) is 0.286. The molecule has 100 valence electrons. The van der Waals surface area contributed by atoms with Crippen LogP contribution in [-0.2, 0) is 6.54 Å². The average molecular weight is 261 g/mol. The van der Waals surface area contributed by atoms with Gasteiger partial charge < -0.3 is 10.5 Å². The summed E-state index contributed by atoms with van der Waals surface area (Å²) in [7, 11) is 0. The van der Waals surface area contributed by atoms with Crippen LogP contribution < -0.4 is 10.5 Å². The molecule has 0 bridgehead atoms. The number of aryl methyl sites for hydroxylation is 2. The van der Waals surface area contributed by atoms with Crippen molar-refractivity contribution in [2.45, 2.75) is 27.3 Å². The summed E-state index contributed by atoms with van der Waals surface area (Å²) in [5, 5.41) is 7.94. The second-order valence-electron chi connectivity index (χ2n) is 4.43. The van der Waals surface area contributed by atoms with Crippen LogP contribution in [0, 0.1) is 26.6 Å². The zero-order valence-electron chi connectivity index (χ0n) is 11.2. The van der Waals surface area contributed by atoms with E-state index in [0.717, 1.165) is 22.4 Å². The molecule has 1 aromatic carbocycles. The van der Waals surface area contributed by atoms with E-state index in [4.69, 9.17) is 10.5 Å². The van der Waals surface area contributed by atoms with Crippen molar-refractivity contribution in [1.29, 1.82) is 0 Å². The average Bonchev–Trinajstić information content (AvgIpc) is 2.38. The van der Waals surface area contributed by atoms with Gasteiger partial charge in [0.1, 0.15) is 0 Å². The molecule has 0 atom stereocenters. The number of hydrogen-bond donors (Lipinski definition) is 1. The molecule has 4 nitrogen and oxygen atoms in total. The Morgan fingerprint density at radius 3 is 2.63 bits per heavy atom. The van der Waals surface area contributed by atoms with Gasteiger partial charge in [0.25, 0.3) is 0 Å². The van der Waals surface area contributed by atoms with Gasteiger partial charge in [-0.1, -0.05) is 6.07 Å². The highest BCUT2D eigenvalue weighted by molar-refractivity contribution is 5.39. The molecule has 0 unspecified atom stereocenters. The van der Waals surface area contributed by atoms with E-state index in [0.29, 0.717) is 0 Å². The number of halogens is 1. The molecule has 5 heteroatoms. The molecule has 0 amide bonds. The van der Waals surface area contributed by atoms with E-state index in [1.54, 1.807) is 12.1 Å². The van der Waals surface area contributed by atoms with Crippen molar-refractivity contribution in [2.24, 2.45) is 5.73 Å². The summed E-state index contributed by atoms with van der Waals surface area (Å²) < 4.78 is 19.2. The Kier molecular flexibility index (Phi) is 3.76. The SMILES string of the molecule is Cc1ccc(F)c(Oc2nnc(C)c(C)c2CN)c1. The van der Waals surface area contributed by atoms with Gasteiger partial charge in [0, 0.05) is 12.1 Å². The number of ether oxygens (including phenoxy) is 1. The minimum Gasteiger partial charge on any atom is -0.434 e. The van der Waals surface area contributed by atoms with Crippen LogP contribution in [0.5, 0.6) is 11.6 Å². The number of nitrogens with two attached hydrogens (primary N) is 1. The molecule has 0 saturated carbocycles. The highest BCUT2D eigenvalue weighted by Gasteiger charge is 2.13. The van der Waals surface area contributed by atoms with Gasteiger partial charge in [0.2, 0.25) is 5.88 Å². The van der Waals surface area contributed by atoms with Crippen LogP contribution in [-0.4, -0.2) is 10.2 Å². The summed E-state index contributed by atoms with van der Waals surface area (Å²) in [6.07, 6.45) is 0. The summed E-state index contributed by atoms with van der Waals surface area (Å²) in [6, 6.07) is 4.66. The van der Waals surface area contributed by atoms with Gasteiger partial charge in [-0.25, -0.2) is 4.39 Å². The van der Waals surface area contributed by atoms with Crippen molar-refractivity contribution in [2.75, 3.05) is 0 Å². The summed E-state index contributed by atoms with van der Waals surface area (Å²) in [4.78, 5) is 0. The molecule has 0 aliphatic carbocycles.